The van der Waals surface area contributed by atoms with E-state index in [9.17, 15) is 0 Å². The van der Waals surface area contributed by atoms with E-state index in [4.69, 9.17) is 4.74 Å². The summed E-state index contributed by atoms with van der Waals surface area (Å²) in [6.07, 6.45) is 12.9. The van der Waals surface area contributed by atoms with Crippen molar-refractivity contribution in [1.29, 1.82) is 0 Å². The monoisotopic (exact) mass is 325 g/mol. The molecule has 4 nitrogen and oxygen atoms in total. The Labute approximate surface area is 144 Å². The Balaban J connectivity index is 1.47. The summed E-state index contributed by atoms with van der Waals surface area (Å²) in [7, 11) is 0. The van der Waals surface area contributed by atoms with Gasteiger partial charge in [-0.15, -0.1) is 0 Å². The Bertz CT molecular complexity index is 660. The van der Waals surface area contributed by atoms with Crippen LogP contribution in [0, 0.1) is 12.8 Å². The van der Waals surface area contributed by atoms with Gasteiger partial charge in [0.2, 0.25) is 0 Å². The predicted molar refractivity (Wildman–Crippen MR) is 94.3 cm³/mol. The third kappa shape index (κ3) is 3.19. The highest BCUT2D eigenvalue weighted by molar-refractivity contribution is 5.19. The Kier molecular flexibility index (Phi) is 4.54. The zero-order valence-electron chi connectivity index (χ0n) is 14.5. The molecule has 2 aromatic rings. The van der Waals surface area contributed by atoms with Crippen molar-refractivity contribution >= 4 is 0 Å². The molecule has 2 aliphatic rings. The maximum atomic E-state index is 6.08. The van der Waals surface area contributed by atoms with Crippen LogP contribution in [0.3, 0.4) is 0 Å². The molecule has 4 heteroatoms. The zero-order chi connectivity index (χ0) is 16.4. The minimum absolute atomic E-state index is 0.579. The number of aromatic nitrogens is 3. The number of nitrogens with zero attached hydrogens (tertiary/aromatic N) is 3. The molecule has 2 aliphatic carbocycles. The molecule has 2 atom stereocenters. The topological polar surface area (TPSA) is 39.9 Å². The van der Waals surface area contributed by atoms with Gasteiger partial charge in [-0.25, -0.2) is 0 Å². The minimum Gasteiger partial charge on any atom is -0.492 e. The molecular weight excluding hydrogens is 298 g/mol. The first-order chi connectivity index (χ1) is 11.8. The molecule has 0 N–H and O–H groups in total. The molecule has 2 saturated carbocycles. The summed E-state index contributed by atoms with van der Waals surface area (Å²) in [5.41, 5.74) is 2.47. The van der Waals surface area contributed by atoms with Gasteiger partial charge in [-0.1, -0.05) is 12.8 Å². The average Bonchev–Trinajstić information content (AvgIpc) is 3.02. The summed E-state index contributed by atoms with van der Waals surface area (Å²) < 4.78 is 8.40. The van der Waals surface area contributed by atoms with Gasteiger partial charge in [0.15, 0.2) is 0 Å². The van der Waals surface area contributed by atoms with Crippen molar-refractivity contribution in [3.8, 4) is 5.75 Å². The van der Waals surface area contributed by atoms with E-state index in [2.05, 4.69) is 20.8 Å². The summed E-state index contributed by atoms with van der Waals surface area (Å²) in [4.78, 5) is 4.33. The smallest absolute Gasteiger partial charge is 0.137 e. The van der Waals surface area contributed by atoms with Gasteiger partial charge in [0.25, 0.3) is 0 Å². The molecule has 0 aromatic carbocycles. The van der Waals surface area contributed by atoms with E-state index in [1.54, 1.807) is 0 Å². The van der Waals surface area contributed by atoms with Crippen molar-refractivity contribution in [2.75, 3.05) is 6.61 Å². The highest BCUT2D eigenvalue weighted by Crippen LogP contribution is 2.41. The van der Waals surface area contributed by atoms with Gasteiger partial charge < -0.3 is 4.74 Å². The van der Waals surface area contributed by atoms with E-state index in [1.807, 2.05) is 31.5 Å². The molecular formula is C20H27N3O. The van der Waals surface area contributed by atoms with Gasteiger partial charge >= 0.3 is 0 Å². The van der Waals surface area contributed by atoms with Crippen molar-refractivity contribution in [3.63, 3.8) is 0 Å². The van der Waals surface area contributed by atoms with Gasteiger partial charge in [-0.3, -0.25) is 9.67 Å². The molecule has 2 heterocycles. The van der Waals surface area contributed by atoms with Crippen LogP contribution in [0.2, 0.25) is 0 Å². The molecule has 0 aliphatic heterocycles. The number of ether oxygens (including phenoxy) is 1. The highest BCUT2D eigenvalue weighted by Gasteiger charge is 2.32. The van der Waals surface area contributed by atoms with Crippen LogP contribution >= 0.6 is 0 Å². The van der Waals surface area contributed by atoms with Gasteiger partial charge in [0.05, 0.1) is 18.8 Å². The maximum Gasteiger partial charge on any atom is 0.137 e. The van der Waals surface area contributed by atoms with Crippen LogP contribution in [-0.4, -0.2) is 21.4 Å². The third-order valence-electron chi connectivity index (χ3n) is 5.76. The quantitative estimate of drug-likeness (QED) is 0.802. The first kappa shape index (κ1) is 15.7. The molecule has 0 saturated heterocycles. The van der Waals surface area contributed by atoms with E-state index >= 15 is 0 Å². The fraction of sp³-hybridized carbons (Fsp3) is 0.600. The van der Waals surface area contributed by atoms with Crippen LogP contribution in [0.4, 0.5) is 0 Å². The lowest BCUT2D eigenvalue weighted by atomic mass is 9.77. The molecule has 2 fully saturated rings. The van der Waals surface area contributed by atoms with Crippen molar-refractivity contribution in [2.24, 2.45) is 5.92 Å². The number of hydrogen-bond acceptors (Lipinski definition) is 3. The summed E-state index contributed by atoms with van der Waals surface area (Å²) in [5, 5.41) is 4.64. The van der Waals surface area contributed by atoms with Gasteiger partial charge in [0, 0.05) is 29.4 Å². The van der Waals surface area contributed by atoms with Gasteiger partial charge in [-0.2, -0.15) is 5.10 Å². The van der Waals surface area contributed by atoms with Crippen molar-refractivity contribution in [1.82, 2.24) is 14.8 Å². The largest absolute Gasteiger partial charge is 0.492 e. The fourth-order valence-corrected chi connectivity index (χ4v) is 4.09. The van der Waals surface area contributed by atoms with Gasteiger partial charge in [0.1, 0.15) is 5.75 Å². The lowest BCUT2D eigenvalue weighted by molar-refractivity contribution is 0.175. The van der Waals surface area contributed by atoms with E-state index in [0.717, 1.165) is 18.1 Å². The zero-order valence-corrected chi connectivity index (χ0v) is 14.5. The van der Waals surface area contributed by atoms with Crippen LogP contribution in [0.25, 0.3) is 0 Å². The SMILES string of the molecule is Cc1ccc(OCC2CCCCC2c2ccnn2C2CCC2)cn1. The number of pyridine rings is 1. The number of aryl methyl sites for hydroxylation is 1. The molecule has 0 spiro atoms. The normalized spacial score (nSPS) is 24.5. The first-order valence-electron chi connectivity index (χ1n) is 9.40. The second-order valence-electron chi connectivity index (χ2n) is 7.38. The summed E-state index contributed by atoms with van der Waals surface area (Å²) in [5.74, 6) is 2.05. The van der Waals surface area contributed by atoms with Crippen LogP contribution in [0.5, 0.6) is 5.75 Å². The highest BCUT2D eigenvalue weighted by atomic mass is 16.5. The maximum absolute atomic E-state index is 6.08. The van der Waals surface area contributed by atoms with E-state index < -0.39 is 0 Å². The van der Waals surface area contributed by atoms with E-state index in [0.29, 0.717) is 17.9 Å². The summed E-state index contributed by atoms with van der Waals surface area (Å²) >= 11 is 0. The molecule has 24 heavy (non-hydrogen) atoms. The fourth-order valence-electron chi connectivity index (χ4n) is 4.09. The van der Waals surface area contributed by atoms with Crippen LogP contribution in [0.15, 0.2) is 30.6 Å². The third-order valence-corrected chi connectivity index (χ3v) is 5.76. The molecule has 0 radical (unpaired) electrons. The molecule has 4 rings (SSSR count). The predicted octanol–water partition coefficient (Wildman–Crippen LogP) is 4.66. The standard InChI is InChI=1S/C20H27N3O/c1-15-9-10-18(13-21-15)24-14-16-5-2-3-8-19(16)20-11-12-22-23(20)17-6-4-7-17/h9-13,16-17,19H,2-8,14H2,1H3. The van der Waals surface area contributed by atoms with Gasteiger partial charge in [-0.05, 0) is 57.2 Å². The first-order valence-corrected chi connectivity index (χ1v) is 9.40. The van der Waals surface area contributed by atoms with Crippen LogP contribution in [0.1, 0.15) is 68.3 Å². The van der Waals surface area contributed by atoms with Crippen LogP contribution < -0.4 is 4.74 Å². The van der Waals surface area contributed by atoms with Crippen molar-refractivity contribution < 1.29 is 4.74 Å². The second kappa shape index (κ2) is 6.96. The Morgan fingerprint density at radius 2 is 1.96 bits per heavy atom. The van der Waals surface area contributed by atoms with E-state index in [1.165, 1.54) is 50.6 Å². The molecule has 0 bridgehead atoms. The molecule has 0 amide bonds. The number of hydrogen-bond donors (Lipinski definition) is 0. The molecule has 2 unspecified atom stereocenters. The second-order valence-corrected chi connectivity index (χ2v) is 7.38. The lowest BCUT2D eigenvalue weighted by Gasteiger charge is -2.35. The number of rotatable bonds is 5. The minimum atomic E-state index is 0.579. The molecule has 2 aromatic heterocycles. The lowest BCUT2D eigenvalue weighted by Crippen LogP contribution is -2.28. The van der Waals surface area contributed by atoms with E-state index in [-0.39, 0.29) is 0 Å². The summed E-state index contributed by atoms with van der Waals surface area (Å²) in [6, 6.07) is 6.92. The van der Waals surface area contributed by atoms with Crippen LogP contribution in [-0.2, 0) is 0 Å². The molecule has 128 valence electrons. The summed E-state index contributed by atoms with van der Waals surface area (Å²) in [6.45, 7) is 2.79. The Hall–Kier alpha value is -1.84. The average molecular weight is 325 g/mol. The van der Waals surface area contributed by atoms with Crippen molar-refractivity contribution in [3.05, 3.63) is 42.0 Å². The van der Waals surface area contributed by atoms with Crippen molar-refractivity contribution in [2.45, 2.75) is 63.8 Å². The Morgan fingerprint density at radius 1 is 1.08 bits per heavy atom. The Morgan fingerprint density at radius 3 is 2.71 bits per heavy atom.